The standard InChI is InChI=1S/C25H33N7OS2/c1-15-13-32(14-21(15)31(2)3)23(33)16-5-8-20-22(9-16)35-25(30-20)29-18-7-6-17(10-18)28-24-26-11-19(34-4)12-27-24/h5,8-9,11-12,15,17-18,21H,6-7,10,13-14H2,1-4H3,(H,29,30)(H,26,27,28)/t15-,17-,18-,21+/m0/s1. The summed E-state index contributed by atoms with van der Waals surface area (Å²) >= 11 is 3.27. The van der Waals surface area contributed by atoms with Crippen LogP contribution in [-0.2, 0) is 0 Å². The maximum Gasteiger partial charge on any atom is 0.253 e. The Kier molecular flexibility index (Phi) is 7.13. The molecule has 1 amide bonds. The summed E-state index contributed by atoms with van der Waals surface area (Å²) in [4.78, 5) is 32.0. The van der Waals surface area contributed by atoms with E-state index in [9.17, 15) is 4.79 Å². The molecule has 0 bridgehead atoms. The van der Waals surface area contributed by atoms with Crippen LogP contribution in [0, 0.1) is 5.92 Å². The van der Waals surface area contributed by atoms with Gasteiger partial charge < -0.3 is 20.4 Å². The normalized spacial score (nSPS) is 24.4. The molecule has 0 spiro atoms. The zero-order valence-electron chi connectivity index (χ0n) is 20.7. The number of thioether (sulfide) groups is 1. The van der Waals surface area contributed by atoms with Gasteiger partial charge in [0.05, 0.1) is 10.2 Å². The van der Waals surface area contributed by atoms with E-state index >= 15 is 0 Å². The largest absolute Gasteiger partial charge is 0.359 e. The minimum Gasteiger partial charge on any atom is -0.359 e. The van der Waals surface area contributed by atoms with Crippen molar-refractivity contribution in [2.45, 2.75) is 49.2 Å². The van der Waals surface area contributed by atoms with Gasteiger partial charge in [-0.2, -0.15) is 0 Å². The molecule has 1 saturated heterocycles. The Bertz CT molecular complexity index is 1180. The van der Waals surface area contributed by atoms with Gasteiger partial charge in [0.25, 0.3) is 5.91 Å². The number of carbonyl (C=O) groups is 1. The molecule has 1 saturated carbocycles. The highest BCUT2D eigenvalue weighted by Gasteiger charge is 2.34. The number of likely N-dealkylation sites (N-methyl/N-ethyl adjacent to an activating group) is 1. The third kappa shape index (κ3) is 5.39. The minimum absolute atomic E-state index is 0.114. The number of carbonyl (C=O) groups excluding carboxylic acids is 1. The lowest BCUT2D eigenvalue weighted by Gasteiger charge is -2.22. The molecule has 2 aromatic heterocycles. The molecule has 10 heteroatoms. The maximum atomic E-state index is 13.2. The van der Waals surface area contributed by atoms with Crippen molar-refractivity contribution in [2.24, 2.45) is 5.92 Å². The number of rotatable bonds is 7. The van der Waals surface area contributed by atoms with Crippen LogP contribution in [0.5, 0.6) is 0 Å². The lowest BCUT2D eigenvalue weighted by atomic mass is 10.1. The Balaban J connectivity index is 1.20. The predicted octanol–water partition coefficient (Wildman–Crippen LogP) is 4.28. The van der Waals surface area contributed by atoms with Crippen molar-refractivity contribution in [3.8, 4) is 0 Å². The number of hydrogen-bond acceptors (Lipinski definition) is 9. The Morgan fingerprint density at radius 1 is 1.14 bits per heavy atom. The molecule has 1 aromatic carbocycles. The van der Waals surface area contributed by atoms with Crippen LogP contribution in [0.15, 0.2) is 35.5 Å². The highest BCUT2D eigenvalue weighted by atomic mass is 32.2. The zero-order valence-corrected chi connectivity index (χ0v) is 22.3. The van der Waals surface area contributed by atoms with E-state index in [4.69, 9.17) is 4.98 Å². The molecular weight excluding hydrogens is 478 g/mol. The number of benzene rings is 1. The number of likely N-dealkylation sites (tertiary alicyclic amines) is 1. The number of nitrogens with one attached hydrogen (secondary N) is 2. The number of fused-ring (bicyclic) bond motifs is 1. The molecular formula is C25H33N7OS2. The van der Waals surface area contributed by atoms with Gasteiger partial charge in [0.1, 0.15) is 0 Å². The van der Waals surface area contributed by atoms with Gasteiger partial charge in [-0.15, -0.1) is 11.8 Å². The molecule has 4 atom stereocenters. The van der Waals surface area contributed by atoms with Gasteiger partial charge in [-0.05, 0) is 63.7 Å². The van der Waals surface area contributed by atoms with Gasteiger partial charge in [0.15, 0.2) is 5.13 Å². The molecule has 186 valence electrons. The second-order valence-electron chi connectivity index (χ2n) is 9.86. The highest BCUT2D eigenvalue weighted by Crippen LogP contribution is 2.31. The van der Waals surface area contributed by atoms with Gasteiger partial charge in [0, 0.05) is 54.1 Å². The van der Waals surface area contributed by atoms with E-state index in [1.807, 2.05) is 41.7 Å². The number of aromatic nitrogens is 3. The third-order valence-corrected chi connectivity index (χ3v) is 8.75. The Labute approximate surface area is 214 Å². The first-order valence-electron chi connectivity index (χ1n) is 12.1. The smallest absolute Gasteiger partial charge is 0.253 e. The first-order valence-corrected chi connectivity index (χ1v) is 14.2. The molecule has 2 aliphatic rings. The second-order valence-corrected chi connectivity index (χ2v) is 11.8. The number of amides is 1. The SMILES string of the molecule is CSc1cnc(N[C@H]2CC[C@H](Nc3nc4ccc(C(=O)N5C[C@@H](N(C)C)[C@@H](C)C5)cc4s3)C2)nc1. The van der Waals surface area contributed by atoms with Gasteiger partial charge in [0.2, 0.25) is 5.95 Å². The minimum atomic E-state index is 0.114. The molecule has 2 N–H and O–H groups in total. The highest BCUT2D eigenvalue weighted by molar-refractivity contribution is 7.98. The van der Waals surface area contributed by atoms with Crippen LogP contribution in [0.2, 0.25) is 0 Å². The number of nitrogens with zero attached hydrogens (tertiary/aromatic N) is 5. The van der Waals surface area contributed by atoms with Gasteiger partial charge in [-0.3, -0.25) is 4.79 Å². The summed E-state index contributed by atoms with van der Waals surface area (Å²) in [6, 6.07) is 7.01. The van der Waals surface area contributed by atoms with Crippen LogP contribution in [0.1, 0.15) is 36.5 Å². The quantitative estimate of drug-likeness (QED) is 0.455. The van der Waals surface area contributed by atoms with Crippen LogP contribution < -0.4 is 10.6 Å². The molecule has 35 heavy (non-hydrogen) atoms. The van der Waals surface area contributed by atoms with E-state index in [0.29, 0.717) is 30.0 Å². The fourth-order valence-corrected chi connectivity index (χ4v) is 6.48. The average Bonchev–Trinajstić information content (AvgIpc) is 3.57. The van der Waals surface area contributed by atoms with Gasteiger partial charge >= 0.3 is 0 Å². The molecule has 5 rings (SSSR count). The van der Waals surface area contributed by atoms with Crippen molar-refractivity contribution >= 4 is 50.3 Å². The van der Waals surface area contributed by atoms with Crippen LogP contribution in [0.25, 0.3) is 10.2 Å². The molecule has 0 radical (unpaired) electrons. The second kappa shape index (κ2) is 10.3. The van der Waals surface area contributed by atoms with E-state index in [2.05, 4.69) is 46.5 Å². The first-order chi connectivity index (χ1) is 16.9. The summed E-state index contributed by atoms with van der Waals surface area (Å²) in [7, 11) is 4.18. The number of anilines is 2. The summed E-state index contributed by atoms with van der Waals surface area (Å²) in [5, 5.41) is 7.99. The van der Waals surface area contributed by atoms with E-state index < -0.39 is 0 Å². The summed E-state index contributed by atoms with van der Waals surface area (Å²) < 4.78 is 1.05. The van der Waals surface area contributed by atoms with Gasteiger partial charge in [-0.1, -0.05) is 18.3 Å². The Hall–Kier alpha value is -2.43. The van der Waals surface area contributed by atoms with Crippen LogP contribution in [0.3, 0.4) is 0 Å². The maximum absolute atomic E-state index is 13.2. The Morgan fingerprint density at radius 2 is 1.89 bits per heavy atom. The molecule has 3 heterocycles. The van der Waals surface area contributed by atoms with E-state index in [1.165, 1.54) is 0 Å². The third-order valence-electron chi connectivity index (χ3n) is 7.12. The van der Waals surface area contributed by atoms with Crippen molar-refractivity contribution < 1.29 is 4.79 Å². The fourth-order valence-electron chi connectivity index (χ4n) is 5.19. The summed E-state index contributed by atoms with van der Waals surface area (Å²) in [6.07, 6.45) is 8.87. The number of thiazole rings is 1. The van der Waals surface area contributed by atoms with Crippen molar-refractivity contribution in [1.82, 2.24) is 24.8 Å². The molecule has 3 aromatic rings. The predicted molar refractivity (Wildman–Crippen MR) is 145 cm³/mol. The van der Waals surface area contributed by atoms with E-state index in [0.717, 1.165) is 58.2 Å². The van der Waals surface area contributed by atoms with Crippen LogP contribution in [-0.4, -0.2) is 82.2 Å². The Morgan fingerprint density at radius 3 is 2.57 bits per heavy atom. The molecule has 1 aliphatic carbocycles. The fraction of sp³-hybridized carbons (Fsp3) is 0.520. The molecule has 0 unspecified atom stereocenters. The van der Waals surface area contributed by atoms with Crippen LogP contribution in [0.4, 0.5) is 11.1 Å². The summed E-state index contributed by atoms with van der Waals surface area (Å²) in [6.45, 7) is 3.81. The topological polar surface area (TPSA) is 86.3 Å². The molecule has 2 fully saturated rings. The summed E-state index contributed by atoms with van der Waals surface area (Å²) in [5.74, 6) is 1.28. The van der Waals surface area contributed by atoms with Gasteiger partial charge in [-0.25, -0.2) is 15.0 Å². The van der Waals surface area contributed by atoms with E-state index in [1.54, 1.807) is 23.1 Å². The lowest BCUT2D eigenvalue weighted by Crippen LogP contribution is -2.35. The van der Waals surface area contributed by atoms with Crippen molar-refractivity contribution in [3.05, 3.63) is 36.2 Å². The zero-order chi connectivity index (χ0) is 24.5. The van der Waals surface area contributed by atoms with E-state index in [-0.39, 0.29) is 5.91 Å². The molecule has 8 nitrogen and oxygen atoms in total. The monoisotopic (exact) mass is 511 g/mol. The summed E-state index contributed by atoms with van der Waals surface area (Å²) in [5.41, 5.74) is 1.68. The molecule has 1 aliphatic heterocycles. The number of hydrogen-bond donors (Lipinski definition) is 2. The van der Waals surface area contributed by atoms with Crippen LogP contribution >= 0.6 is 23.1 Å². The first kappa shape index (κ1) is 24.3. The van der Waals surface area contributed by atoms with Crippen molar-refractivity contribution in [1.29, 1.82) is 0 Å². The van der Waals surface area contributed by atoms with Crippen molar-refractivity contribution in [2.75, 3.05) is 44.1 Å². The van der Waals surface area contributed by atoms with Crippen molar-refractivity contribution in [3.63, 3.8) is 0 Å². The average molecular weight is 512 g/mol. The lowest BCUT2D eigenvalue weighted by molar-refractivity contribution is 0.0781.